The number of sulfonamides is 1. The number of benzene rings is 1. The molecule has 8 nitrogen and oxygen atoms in total. The van der Waals surface area contributed by atoms with Crippen molar-refractivity contribution < 1.29 is 13.5 Å². The van der Waals surface area contributed by atoms with Crippen molar-refractivity contribution in [3.63, 3.8) is 0 Å². The number of aliphatic hydroxyl groups excluding tert-OH is 1. The highest BCUT2D eigenvalue weighted by Crippen LogP contribution is 2.21. The minimum absolute atomic E-state index is 0.0451. The van der Waals surface area contributed by atoms with Crippen molar-refractivity contribution in [3.8, 4) is 0 Å². The van der Waals surface area contributed by atoms with Crippen molar-refractivity contribution in [2.24, 2.45) is 5.92 Å². The monoisotopic (exact) mass is 405 g/mol. The van der Waals surface area contributed by atoms with E-state index >= 15 is 0 Å². The molecule has 0 spiro atoms. The largest absolute Gasteiger partial charge is 0.391 e. The lowest BCUT2D eigenvalue weighted by Crippen LogP contribution is -2.33. The standard InChI is InChI=1S/C19H27N5O3S/c1-23(2)28(26,27)14-17-12-24(13-18(17)25)11-16-9-21-19(22-10-16)20-8-15-6-4-3-5-7-15/h3-7,9-10,17-18,25H,8,11-14H2,1-2H3,(H,20,21,22)/t17-,18-/m0/s1. The molecule has 0 amide bonds. The number of β-amino-alcohol motifs (C(OH)–C–C–N with tert-alkyl or cyclic N) is 1. The number of nitrogens with one attached hydrogen (secondary N) is 1. The Balaban J connectivity index is 1.51. The Bertz CT molecular complexity index is 859. The van der Waals surface area contributed by atoms with Crippen LogP contribution in [0.1, 0.15) is 11.1 Å². The fourth-order valence-electron chi connectivity index (χ4n) is 3.22. The molecule has 1 aliphatic rings. The van der Waals surface area contributed by atoms with E-state index in [1.807, 2.05) is 35.2 Å². The number of aliphatic hydroxyl groups is 1. The van der Waals surface area contributed by atoms with Crippen molar-refractivity contribution in [2.45, 2.75) is 19.2 Å². The van der Waals surface area contributed by atoms with Gasteiger partial charge in [-0.3, -0.25) is 4.90 Å². The third-order valence-corrected chi connectivity index (χ3v) is 6.83. The van der Waals surface area contributed by atoms with Crippen molar-refractivity contribution >= 4 is 16.0 Å². The summed E-state index contributed by atoms with van der Waals surface area (Å²) in [7, 11) is -0.306. The van der Waals surface area contributed by atoms with Crippen LogP contribution in [0.25, 0.3) is 0 Å². The zero-order valence-corrected chi connectivity index (χ0v) is 17.0. The van der Waals surface area contributed by atoms with Crippen molar-refractivity contribution in [3.05, 3.63) is 53.9 Å². The summed E-state index contributed by atoms with van der Waals surface area (Å²) in [4.78, 5) is 10.7. The molecule has 1 aliphatic heterocycles. The Labute approximate surface area is 166 Å². The maximum atomic E-state index is 12.1. The van der Waals surface area contributed by atoms with Gasteiger partial charge in [0.15, 0.2) is 0 Å². The molecule has 0 radical (unpaired) electrons. The van der Waals surface area contributed by atoms with E-state index in [1.165, 1.54) is 18.4 Å². The molecule has 2 heterocycles. The van der Waals surface area contributed by atoms with Gasteiger partial charge >= 0.3 is 0 Å². The van der Waals surface area contributed by atoms with Gasteiger partial charge in [-0.1, -0.05) is 30.3 Å². The molecule has 0 aliphatic carbocycles. The predicted molar refractivity (Wildman–Crippen MR) is 108 cm³/mol. The first-order valence-electron chi connectivity index (χ1n) is 9.23. The SMILES string of the molecule is CN(C)S(=O)(=O)C[C@@H]1CN(Cc2cnc(NCc3ccccc3)nc2)C[C@@H]1O. The summed E-state index contributed by atoms with van der Waals surface area (Å²) < 4.78 is 25.3. The van der Waals surface area contributed by atoms with E-state index in [0.29, 0.717) is 32.1 Å². The zero-order valence-electron chi connectivity index (χ0n) is 16.2. The Morgan fingerprint density at radius 2 is 1.82 bits per heavy atom. The Morgan fingerprint density at radius 1 is 1.14 bits per heavy atom. The molecule has 2 N–H and O–H groups in total. The van der Waals surface area contributed by atoms with E-state index < -0.39 is 16.1 Å². The minimum atomic E-state index is -3.33. The van der Waals surface area contributed by atoms with Crippen molar-refractivity contribution in [1.82, 2.24) is 19.2 Å². The van der Waals surface area contributed by atoms with E-state index in [2.05, 4.69) is 15.3 Å². The molecular formula is C19H27N5O3S. The lowest BCUT2D eigenvalue weighted by molar-refractivity contribution is 0.148. The number of nitrogens with zero attached hydrogens (tertiary/aromatic N) is 4. The first kappa shape index (κ1) is 20.7. The normalized spacial score (nSPS) is 20.6. The van der Waals surface area contributed by atoms with E-state index in [4.69, 9.17) is 0 Å². The maximum absolute atomic E-state index is 12.1. The van der Waals surface area contributed by atoms with Crippen LogP contribution in [0.4, 0.5) is 5.95 Å². The van der Waals surface area contributed by atoms with Crippen LogP contribution >= 0.6 is 0 Å². The Kier molecular flexibility index (Phi) is 6.61. The number of aromatic nitrogens is 2. The van der Waals surface area contributed by atoms with Gasteiger partial charge in [-0.25, -0.2) is 22.7 Å². The minimum Gasteiger partial charge on any atom is -0.391 e. The lowest BCUT2D eigenvalue weighted by Gasteiger charge is -2.18. The molecule has 1 aromatic carbocycles. The summed E-state index contributed by atoms with van der Waals surface area (Å²) in [5, 5.41) is 13.4. The van der Waals surface area contributed by atoms with Crippen LogP contribution in [-0.4, -0.2) is 71.7 Å². The predicted octanol–water partition coefficient (Wildman–Crippen LogP) is 0.773. The molecule has 1 saturated heterocycles. The third-order valence-electron chi connectivity index (χ3n) is 4.87. The van der Waals surface area contributed by atoms with Crippen LogP contribution in [0.2, 0.25) is 0 Å². The van der Waals surface area contributed by atoms with Crippen molar-refractivity contribution in [2.75, 3.05) is 38.3 Å². The van der Waals surface area contributed by atoms with Crippen LogP contribution in [0, 0.1) is 5.92 Å². The average Bonchev–Trinajstić information content (AvgIpc) is 3.00. The lowest BCUT2D eigenvalue weighted by atomic mass is 10.1. The topological polar surface area (TPSA) is 98.7 Å². The van der Waals surface area contributed by atoms with E-state index in [1.54, 1.807) is 12.4 Å². The van der Waals surface area contributed by atoms with Gasteiger partial charge in [-0.15, -0.1) is 0 Å². The highest BCUT2D eigenvalue weighted by Gasteiger charge is 2.35. The van der Waals surface area contributed by atoms with Gasteiger partial charge in [0.2, 0.25) is 16.0 Å². The molecule has 2 aromatic rings. The smallest absolute Gasteiger partial charge is 0.222 e. The average molecular weight is 406 g/mol. The highest BCUT2D eigenvalue weighted by atomic mass is 32.2. The van der Waals surface area contributed by atoms with Gasteiger partial charge in [-0.2, -0.15) is 0 Å². The van der Waals surface area contributed by atoms with Crippen LogP contribution < -0.4 is 5.32 Å². The van der Waals surface area contributed by atoms with Gasteiger partial charge < -0.3 is 10.4 Å². The van der Waals surface area contributed by atoms with Gasteiger partial charge in [-0.05, 0) is 5.56 Å². The number of anilines is 1. The third kappa shape index (κ3) is 5.48. The molecule has 0 unspecified atom stereocenters. The van der Waals surface area contributed by atoms with E-state index in [-0.39, 0.29) is 11.7 Å². The zero-order chi connectivity index (χ0) is 20.1. The van der Waals surface area contributed by atoms with Gasteiger partial charge in [0.05, 0.1) is 11.9 Å². The highest BCUT2D eigenvalue weighted by molar-refractivity contribution is 7.89. The molecule has 0 saturated carbocycles. The number of hydrogen-bond acceptors (Lipinski definition) is 7. The molecule has 9 heteroatoms. The summed E-state index contributed by atoms with van der Waals surface area (Å²) >= 11 is 0. The number of likely N-dealkylation sites (tertiary alicyclic amines) is 1. The number of rotatable bonds is 8. The van der Waals surface area contributed by atoms with Crippen LogP contribution in [0.15, 0.2) is 42.7 Å². The van der Waals surface area contributed by atoms with E-state index in [0.717, 1.165) is 11.1 Å². The Morgan fingerprint density at radius 3 is 2.46 bits per heavy atom. The summed E-state index contributed by atoms with van der Waals surface area (Å²) in [6, 6.07) is 10.0. The molecule has 28 heavy (non-hydrogen) atoms. The summed E-state index contributed by atoms with van der Waals surface area (Å²) in [6.45, 7) is 2.21. The molecule has 3 rings (SSSR count). The molecular weight excluding hydrogens is 378 g/mol. The summed E-state index contributed by atoms with van der Waals surface area (Å²) in [5.41, 5.74) is 2.08. The van der Waals surface area contributed by atoms with Gasteiger partial charge in [0, 0.05) is 64.1 Å². The first-order valence-corrected chi connectivity index (χ1v) is 10.8. The maximum Gasteiger partial charge on any atom is 0.222 e. The second-order valence-corrected chi connectivity index (χ2v) is 9.56. The molecule has 1 aromatic heterocycles. The van der Waals surface area contributed by atoms with Crippen molar-refractivity contribution in [1.29, 1.82) is 0 Å². The molecule has 152 valence electrons. The molecule has 1 fully saturated rings. The first-order chi connectivity index (χ1) is 13.3. The summed E-state index contributed by atoms with van der Waals surface area (Å²) in [5.74, 6) is 0.223. The Hall–Kier alpha value is -2.07. The van der Waals surface area contributed by atoms with Gasteiger partial charge in [0.25, 0.3) is 0 Å². The fraction of sp³-hybridized carbons (Fsp3) is 0.474. The molecule has 0 bridgehead atoms. The summed E-state index contributed by atoms with van der Waals surface area (Å²) in [6.07, 6.45) is 2.87. The van der Waals surface area contributed by atoms with E-state index in [9.17, 15) is 13.5 Å². The fourth-order valence-corrected chi connectivity index (χ4v) is 4.38. The second kappa shape index (κ2) is 8.95. The number of hydrogen-bond donors (Lipinski definition) is 2. The molecule has 2 atom stereocenters. The van der Waals surface area contributed by atoms with Gasteiger partial charge in [0.1, 0.15) is 0 Å². The quantitative estimate of drug-likeness (QED) is 0.669. The second-order valence-electron chi connectivity index (χ2n) is 7.34. The van der Waals surface area contributed by atoms with Crippen LogP contribution in [-0.2, 0) is 23.1 Å². The van der Waals surface area contributed by atoms with Crippen LogP contribution in [0.3, 0.4) is 0 Å². The van der Waals surface area contributed by atoms with Crippen LogP contribution in [0.5, 0.6) is 0 Å².